The minimum atomic E-state index is -0.0770. The molecule has 0 saturated heterocycles. The summed E-state index contributed by atoms with van der Waals surface area (Å²) in [4.78, 5) is 17.2. The number of amides is 1. The van der Waals surface area contributed by atoms with Gasteiger partial charge in [-0.2, -0.15) is 0 Å². The van der Waals surface area contributed by atoms with Crippen LogP contribution < -0.4 is 15.2 Å². The molecule has 0 spiro atoms. The molecule has 6 heteroatoms. The molecular formula is C22H29N3O3. The predicted octanol–water partition coefficient (Wildman–Crippen LogP) is 3.32. The number of carbonyl (C=O) groups is 1. The van der Waals surface area contributed by atoms with Crippen molar-refractivity contribution in [2.75, 3.05) is 40.1 Å². The van der Waals surface area contributed by atoms with Crippen LogP contribution in [0.3, 0.4) is 0 Å². The van der Waals surface area contributed by atoms with Crippen LogP contribution in [0.15, 0.2) is 36.4 Å². The second kappa shape index (κ2) is 8.52. The molecule has 1 aliphatic rings. The smallest absolute Gasteiger partial charge is 0.257 e. The molecule has 0 aliphatic carbocycles. The molecular weight excluding hydrogens is 354 g/mol. The van der Waals surface area contributed by atoms with E-state index in [1.807, 2.05) is 56.3 Å². The molecule has 0 aromatic heterocycles. The molecule has 0 radical (unpaired) electrons. The number of nitrogens with two attached hydrogens (primary N) is 1. The molecule has 2 aromatic carbocycles. The summed E-state index contributed by atoms with van der Waals surface area (Å²) in [6.07, 6.45) is 0.810. The Balaban J connectivity index is 1.98. The van der Waals surface area contributed by atoms with E-state index in [0.717, 1.165) is 24.1 Å². The summed E-state index contributed by atoms with van der Waals surface area (Å²) in [5.74, 6) is 1.38. The fourth-order valence-corrected chi connectivity index (χ4v) is 3.72. The molecule has 0 fully saturated rings. The maximum atomic E-state index is 13.2. The first-order chi connectivity index (χ1) is 13.5. The molecule has 1 aliphatic heterocycles. The fourth-order valence-electron chi connectivity index (χ4n) is 3.72. The van der Waals surface area contributed by atoms with Crippen molar-refractivity contribution in [3.05, 3.63) is 53.1 Å². The van der Waals surface area contributed by atoms with Crippen molar-refractivity contribution in [3.8, 4) is 11.5 Å². The van der Waals surface area contributed by atoms with Crippen LogP contribution in [0.4, 0.5) is 5.69 Å². The van der Waals surface area contributed by atoms with Crippen molar-refractivity contribution >= 4 is 11.6 Å². The quantitative estimate of drug-likeness (QED) is 0.708. The summed E-state index contributed by atoms with van der Waals surface area (Å²) in [7, 11) is 5.70. The number of anilines is 1. The highest BCUT2D eigenvalue weighted by molar-refractivity contribution is 6.03. The van der Waals surface area contributed by atoms with Crippen molar-refractivity contribution in [3.63, 3.8) is 0 Å². The first kappa shape index (κ1) is 20.0. The van der Waals surface area contributed by atoms with Crippen molar-refractivity contribution in [2.24, 2.45) is 0 Å². The molecule has 3 rings (SSSR count). The molecule has 2 N–H and O–H groups in total. The van der Waals surface area contributed by atoms with Gasteiger partial charge in [-0.15, -0.1) is 0 Å². The largest absolute Gasteiger partial charge is 0.493 e. The van der Waals surface area contributed by atoms with E-state index in [4.69, 9.17) is 15.2 Å². The van der Waals surface area contributed by atoms with Gasteiger partial charge in [0.15, 0.2) is 11.5 Å². The van der Waals surface area contributed by atoms with Crippen molar-refractivity contribution < 1.29 is 14.3 Å². The number of carbonyl (C=O) groups excluding carboxylic acids is 1. The highest BCUT2D eigenvalue weighted by atomic mass is 16.5. The predicted molar refractivity (Wildman–Crippen MR) is 111 cm³/mol. The number of ether oxygens (including phenoxy) is 2. The van der Waals surface area contributed by atoms with Crippen molar-refractivity contribution in [1.82, 2.24) is 9.80 Å². The second-order valence-corrected chi connectivity index (χ2v) is 7.27. The number of methoxy groups -OCH3 is 1. The van der Waals surface area contributed by atoms with E-state index in [1.165, 1.54) is 0 Å². The van der Waals surface area contributed by atoms with E-state index in [0.29, 0.717) is 35.9 Å². The number of fused-ring (bicyclic) bond motifs is 1. The van der Waals surface area contributed by atoms with E-state index < -0.39 is 0 Å². The number of benzene rings is 2. The van der Waals surface area contributed by atoms with Crippen LogP contribution in [0, 0.1) is 0 Å². The third kappa shape index (κ3) is 3.92. The molecule has 28 heavy (non-hydrogen) atoms. The standard InChI is InChI=1S/C22H29N3O3/c1-5-28-20-13-15(9-10-19(20)27-4)18(11-12-24(2)3)25-14-16-7-6-8-17(23)21(16)22(25)26/h6-10,13,18H,5,11-12,14,23H2,1-4H3. The van der Waals surface area contributed by atoms with Gasteiger partial charge in [-0.25, -0.2) is 0 Å². The molecule has 0 saturated carbocycles. The number of rotatable bonds is 8. The summed E-state index contributed by atoms with van der Waals surface area (Å²) in [6.45, 7) is 3.91. The van der Waals surface area contributed by atoms with Crippen LogP contribution in [-0.4, -0.2) is 50.1 Å². The van der Waals surface area contributed by atoms with Gasteiger partial charge >= 0.3 is 0 Å². The van der Waals surface area contributed by atoms with Gasteiger partial charge in [0, 0.05) is 12.2 Å². The molecule has 1 atom stereocenters. The van der Waals surface area contributed by atoms with E-state index in [9.17, 15) is 4.79 Å². The Labute approximate surface area is 166 Å². The maximum Gasteiger partial charge on any atom is 0.257 e. The zero-order valence-corrected chi connectivity index (χ0v) is 17.1. The van der Waals surface area contributed by atoms with Crippen molar-refractivity contribution in [1.29, 1.82) is 0 Å². The molecule has 1 heterocycles. The van der Waals surface area contributed by atoms with Crippen LogP contribution in [0.2, 0.25) is 0 Å². The molecule has 2 aromatic rings. The van der Waals surface area contributed by atoms with Crippen LogP contribution >= 0.6 is 0 Å². The number of hydrogen-bond acceptors (Lipinski definition) is 5. The van der Waals surface area contributed by atoms with Crippen LogP contribution in [0.5, 0.6) is 11.5 Å². The number of nitrogen functional groups attached to an aromatic ring is 1. The van der Waals surface area contributed by atoms with Gasteiger partial charge in [-0.3, -0.25) is 4.79 Å². The van der Waals surface area contributed by atoms with E-state index in [2.05, 4.69) is 4.90 Å². The van der Waals surface area contributed by atoms with Gasteiger partial charge in [-0.05, 0) is 63.3 Å². The molecule has 0 bridgehead atoms. The maximum absolute atomic E-state index is 13.2. The Kier molecular flexibility index (Phi) is 6.09. The van der Waals surface area contributed by atoms with Gasteiger partial charge in [0.25, 0.3) is 5.91 Å². The molecule has 1 unspecified atom stereocenters. The van der Waals surface area contributed by atoms with Crippen LogP contribution in [0.25, 0.3) is 0 Å². The lowest BCUT2D eigenvalue weighted by Crippen LogP contribution is -2.31. The Morgan fingerprint density at radius 2 is 2.00 bits per heavy atom. The van der Waals surface area contributed by atoms with E-state index in [1.54, 1.807) is 13.2 Å². The summed E-state index contributed by atoms with van der Waals surface area (Å²) < 4.78 is 11.2. The first-order valence-electron chi connectivity index (χ1n) is 9.60. The number of hydrogen-bond donors (Lipinski definition) is 1. The van der Waals surface area contributed by atoms with Gasteiger partial charge in [0.2, 0.25) is 0 Å². The van der Waals surface area contributed by atoms with Gasteiger partial charge in [-0.1, -0.05) is 18.2 Å². The third-order valence-corrected chi connectivity index (χ3v) is 5.10. The summed E-state index contributed by atoms with van der Waals surface area (Å²) >= 11 is 0. The molecule has 1 amide bonds. The van der Waals surface area contributed by atoms with E-state index in [-0.39, 0.29) is 11.9 Å². The lowest BCUT2D eigenvalue weighted by atomic mass is 10.0. The second-order valence-electron chi connectivity index (χ2n) is 7.27. The Morgan fingerprint density at radius 1 is 1.21 bits per heavy atom. The first-order valence-corrected chi connectivity index (χ1v) is 9.60. The topological polar surface area (TPSA) is 68.0 Å². The summed E-state index contributed by atoms with van der Waals surface area (Å²) in [5.41, 5.74) is 9.29. The Hall–Kier alpha value is -2.73. The average Bonchev–Trinajstić information content (AvgIpc) is 3.00. The van der Waals surface area contributed by atoms with Gasteiger partial charge in [0.05, 0.1) is 25.3 Å². The lowest BCUT2D eigenvalue weighted by molar-refractivity contribution is 0.0684. The van der Waals surface area contributed by atoms with Crippen molar-refractivity contribution in [2.45, 2.75) is 25.9 Å². The summed E-state index contributed by atoms with van der Waals surface area (Å²) in [6, 6.07) is 11.5. The highest BCUT2D eigenvalue weighted by Crippen LogP contribution is 2.38. The minimum Gasteiger partial charge on any atom is -0.493 e. The highest BCUT2D eigenvalue weighted by Gasteiger charge is 2.35. The lowest BCUT2D eigenvalue weighted by Gasteiger charge is -2.30. The monoisotopic (exact) mass is 383 g/mol. The van der Waals surface area contributed by atoms with Gasteiger partial charge in [0.1, 0.15) is 0 Å². The normalized spacial score (nSPS) is 14.3. The minimum absolute atomic E-state index is 0.00867. The van der Waals surface area contributed by atoms with Crippen LogP contribution in [0.1, 0.15) is 40.9 Å². The van der Waals surface area contributed by atoms with Gasteiger partial charge < -0.3 is 25.0 Å². The van der Waals surface area contributed by atoms with Crippen LogP contribution in [-0.2, 0) is 6.54 Å². The zero-order chi connectivity index (χ0) is 20.3. The average molecular weight is 383 g/mol. The SMILES string of the molecule is CCOc1cc(C(CCN(C)C)N2Cc3cccc(N)c3C2=O)ccc1OC. The Bertz CT molecular complexity index is 851. The number of nitrogens with zero attached hydrogens (tertiary/aromatic N) is 2. The Morgan fingerprint density at radius 3 is 2.64 bits per heavy atom. The zero-order valence-electron chi connectivity index (χ0n) is 17.1. The molecule has 6 nitrogen and oxygen atoms in total. The fraction of sp³-hybridized carbons (Fsp3) is 0.409. The molecule has 150 valence electrons. The summed E-state index contributed by atoms with van der Waals surface area (Å²) in [5, 5.41) is 0. The van der Waals surface area contributed by atoms with E-state index >= 15 is 0 Å². The third-order valence-electron chi connectivity index (χ3n) is 5.10.